The maximum absolute atomic E-state index is 12.3. The lowest BCUT2D eigenvalue weighted by Crippen LogP contribution is -1.92. The zero-order valence-corrected chi connectivity index (χ0v) is 6.88. The topological polar surface area (TPSA) is 54.4 Å². The van der Waals surface area contributed by atoms with Crippen LogP contribution in [-0.4, -0.2) is 13.5 Å². The van der Waals surface area contributed by atoms with Gasteiger partial charge in [0, 0.05) is 0 Å². The van der Waals surface area contributed by atoms with Gasteiger partial charge < -0.3 is 5.11 Å². The molecule has 0 aliphatic carbocycles. The van der Waals surface area contributed by atoms with Gasteiger partial charge in [0.2, 0.25) is 0 Å². The molecule has 0 aliphatic heterocycles. The molecule has 66 valence electrons. The number of hydrogen-bond donors (Lipinski definition) is 1. The highest BCUT2D eigenvalue weighted by molar-refractivity contribution is 7.86. The third-order valence-corrected chi connectivity index (χ3v) is 2.22. The van der Waals surface area contributed by atoms with Crippen LogP contribution in [0.2, 0.25) is 0 Å². The van der Waals surface area contributed by atoms with Crippen LogP contribution in [0.25, 0.3) is 0 Å². The van der Waals surface area contributed by atoms with E-state index < -0.39 is 10.2 Å². The molecule has 0 bridgehead atoms. The van der Waals surface area contributed by atoms with Gasteiger partial charge >= 0.3 is 10.2 Å². The number of benzene rings is 1. The molecule has 1 aromatic carbocycles. The Morgan fingerprint density at radius 2 is 1.75 bits per heavy atom. The molecule has 0 radical (unpaired) electrons. The van der Waals surface area contributed by atoms with Crippen molar-refractivity contribution in [2.75, 3.05) is 0 Å². The van der Waals surface area contributed by atoms with Crippen molar-refractivity contribution >= 4 is 10.2 Å². The van der Waals surface area contributed by atoms with Crippen LogP contribution in [0.15, 0.2) is 29.2 Å². The van der Waals surface area contributed by atoms with E-state index in [0.29, 0.717) is 5.56 Å². The Morgan fingerprint density at radius 1 is 1.25 bits per heavy atom. The molecule has 0 fully saturated rings. The van der Waals surface area contributed by atoms with Crippen LogP contribution in [0.3, 0.4) is 0 Å². The highest BCUT2D eigenvalue weighted by Crippen LogP contribution is 2.12. The standard InChI is InChI=1S/C7H7FO3S/c8-12(10,11)7-3-1-6(5-9)2-4-7/h1-4,9H,5H2. The molecule has 1 N–H and O–H groups in total. The first kappa shape index (κ1) is 9.15. The molecule has 0 amide bonds. The predicted octanol–water partition coefficient (Wildman–Crippen LogP) is 0.837. The van der Waals surface area contributed by atoms with Crippen molar-refractivity contribution < 1.29 is 17.4 Å². The maximum atomic E-state index is 12.3. The van der Waals surface area contributed by atoms with Gasteiger partial charge in [0.25, 0.3) is 0 Å². The smallest absolute Gasteiger partial charge is 0.332 e. The minimum Gasteiger partial charge on any atom is -0.392 e. The van der Waals surface area contributed by atoms with Crippen LogP contribution in [0.4, 0.5) is 3.89 Å². The molecule has 0 saturated carbocycles. The van der Waals surface area contributed by atoms with Crippen LogP contribution in [-0.2, 0) is 16.8 Å². The third kappa shape index (κ3) is 2.02. The monoisotopic (exact) mass is 190 g/mol. The zero-order valence-electron chi connectivity index (χ0n) is 6.07. The van der Waals surface area contributed by atoms with Gasteiger partial charge in [-0.05, 0) is 17.7 Å². The summed E-state index contributed by atoms with van der Waals surface area (Å²) >= 11 is 0. The van der Waals surface area contributed by atoms with Gasteiger partial charge in [0.05, 0.1) is 11.5 Å². The van der Waals surface area contributed by atoms with Crippen molar-refractivity contribution in [3.05, 3.63) is 29.8 Å². The minimum atomic E-state index is -4.61. The molecule has 0 atom stereocenters. The summed E-state index contributed by atoms with van der Waals surface area (Å²) in [5.41, 5.74) is 0.544. The summed E-state index contributed by atoms with van der Waals surface area (Å²) in [7, 11) is -4.61. The van der Waals surface area contributed by atoms with Crippen molar-refractivity contribution in [2.45, 2.75) is 11.5 Å². The van der Waals surface area contributed by atoms with E-state index in [1.54, 1.807) is 0 Å². The van der Waals surface area contributed by atoms with E-state index in [4.69, 9.17) is 5.11 Å². The van der Waals surface area contributed by atoms with Crippen molar-refractivity contribution in [3.8, 4) is 0 Å². The summed E-state index contributed by atoms with van der Waals surface area (Å²) in [4.78, 5) is -0.389. The third-order valence-electron chi connectivity index (χ3n) is 1.39. The van der Waals surface area contributed by atoms with E-state index in [0.717, 1.165) is 12.1 Å². The van der Waals surface area contributed by atoms with Gasteiger partial charge in [-0.3, -0.25) is 0 Å². The summed E-state index contributed by atoms with van der Waals surface area (Å²) in [6.07, 6.45) is 0. The largest absolute Gasteiger partial charge is 0.392 e. The van der Waals surface area contributed by atoms with Crippen molar-refractivity contribution in [3.63, 3.8) is 0 Å². The average molecular weight is 190 g/mol. The zero-order chi connectivity index (χ0) is 9.19. The molecule has 0 saturated heterocycles. The van der Waals surface area contributed by atoms with Gasteiger partial charge in [-0.25, -0.2) is 0 Å². The Balaban J connectivity index is 3.09. The number of aliphatic hydroxyl groups is 1. The Labute approximate surface area is 69.7 Å². The summed E-state index contributed by atoms with van der Waals surface area (Å²) < 4.78 is 32.9. The van der Waals surface area contributed by atoms with E-state index in [-0.39, 0.29) is 11.5 Å². The Hall–Kier alpha value is -0.940. The van der Waals surface area contributed by atoms with E-state index in [1.165, 1.54) is 12.1 Å². The first-order valence-corrected chi connectivity index (χ1v) is 4.57. The normalized spacial score (nSPS) is 11.5. The second-order valence-corrected chi connectivity index (χ2v) is 3.59. The molecule has 3 nitrogen and oxygen atoms in total. The van der Waals surface area contributed by atoms with Gasteiger partial charge in [0.15, 0.2) is 0 Å². The number of halogens is 1. The number of hydrogen-bond acceptors (Lipinski definition) is 3. The fourth-order valence-corrected chi connectivity index (χ4v) is 1.22. The van der Waals surface area contributed by atoms with Crippen molar-refractivity contribution in [1.82, 2.24) is 0 Å². The molecule has 12 heavy (non-hydrogen) atoms. The highest BCUT2D eigenvalue weighted by Gasteiger charge is 2.10. The summed E-state index contributed by atoms with van der Waals surface area (Å²) in [5, 5.41) is 8.59. The quantitative estimate of drug-likeness (QED) is 0.703. The van der Waals surface area contributed by atoms with E-state index >= 15 is 0 Å². The summed E-state index contributed by atoms with van der Waals surface area (Å²) in [6, 6.07) is 4.93. The first-order chi connectivity index (χ1) is 5.54. The predicted molar refractivity (Wildman–Crippen MR) is 40.7 cm³/mol. The molecule has 0 aliphatic rings. The molecule has 5 heteroatoms. The molecule has 1 rings (SSSR count). The van der Waals surface area contributed by atoms with Crippen LogP contribution in [0.1, 0.15) is 5.56 Å². The van der Waals surface area contributed by atoms with Gasteiger partial charge in [-0.1, -0.05) is 12.1 Å². The van der Waals surface area contributed by atoms with E-state index in [9.17, 15) is 12.3 Å². The highest BCUT2D eigenvalue weighted by atomic mass is 32.3. The Kier molecular flexibility index (Phi) is 2.44. The second kappa shape index (κ2) is 3.20. The lowest BCUT2D eigenvalue weighted by atomic mass is 10.2. The van der Waals surface area contributed by atoms with Gasteiger partial charge in [0.1, 0.15) is 0 Å². The average Bonchev–Trinajstić information content (AvgIpc) is 2.03. The molecule has 0 unspecified atom stereocenters. The second-order valence-electron chi connectivity index (χ2n) is 2.24. The fourth-order valence-electron chi connectivity index (χ4n) is 0.757. The van der Waals surface area contributed by atoms with E-state index in [2.05, 4.69) is 0 Å². The van der Waals surface area contributed by atoms with Crippen LogP contribution in [0, 0.1) is 0 Å². The molecular formula is C7H7FO3S. The molecule has 0 heterocycles. The van der Waals surface area contributed by atoms with E-state index in [1.807, 2.05) is 0 Å². The van der Waals surface area contributed by atoms with Gasteiger partial charge in [-0.15, -0.1) is 3.89 Å². The SMILES string of the molecule is O=S(=O)(F)c1ccc(CO)cc1. The van der Waals surface area contributed by atoms with Crippen LogP contribution < -0.4 is 0 Å². The van der Waals surface area contributed by atoms with Gasteiger partial charge in [-0.2, -0.15) is 8.42 Å². The summed E-state index contributed by atoms with van der Waals surface area (Å²) in [5.74, 6) is 0. The van der Waals surface area contributed by atoms with Crippen molar-refractivity contribution in [2.24, 2.45) is 0 Å². The Morgan fingerprint density at radius 3 is 2.08 bits per heavy atom. The first-order valence-electron chi connectivity index (χ1n) is 3.18. The molecule has 1 aromatic rings. The lowest BCUT2D eigenvalue weighted by molar-refractivity contribution is 0.281. The summed E-state index contributed by atoms with van der Waals surface area (Å²) in [6.45, 7) is -0.188. The Bertz CT molecular complexity index is 355. The van der Waals surface area contributed by atoms with Crippen LogP contribution in [0.5, 0.6) is 0 Å². The molecule has 0 aromatic heterocycles. The van der Waals surface area contributed by atoms with Crippen molar-refractivity contribution in [1.29, 1.82) is 0 Å². The molecule has 0 spiro atoms. The maximum Gasteiger partial charge on any atom is 0.332 e. The van der Waals surface area contributed by atoms with Crippen LogP contribution >= 0.6 is 0 Å². The minimum absolute atomic E-state index is 0.188. The molecular weight excluding hydrogens is 183 g/mol. The lowest BCUT2D eigenvalue weighted by Gasteiger charge is -1.96. The fraction of sp³-hybridized carbons (Fsp3) is 0.143. The number of aliphatic hydroxyl groups excluding tert-OH is 1. The number of rotatable bonds is 2.